The topological polar surface area (TPSA) is 55.5 Å². The molecule has 5 nitrogen and oxygen atoms in total. The molecule has 2 N–H and O–H groups in total. The van der Waals surface area contributed by atoms with Crippen LogP contribution >= 0.6 is 0 Å². The van der Waals surface area contributed by atoms with Crippen LogP contribution in [0.25, 0.3) is 10.6 Å². The van der Waals surface area contributed by atoms with E-state index in [-0.39, 0.29) is 41.1 Å². The van der Waals surface area contributed by atoms with E-state index >= 15 is 0 Å². The van der Waals surface area contributed by atoms with Crippen LogP contribution in [0.15, 0.2) is 0 Å². The van der Waals surface area contributed by atoms with Crippen molar-refractivity contribution in [3.05, 3.63) is 32.4 Å². The Balaban J connectivity index is -0.0000000246. The Labute approximate surface area is 215 Å². The van der Waals surface area contributed by atoms with Gasteiger partial charge in [0.2, 0.25) is 0 Å². The molecule has 1 aliphatic rings. The Morgan fingerprint density at radius 3 is 0.767 bits per heavy atom. The molecule has 0 radical (unpaired) electrons. The van der Waals surface area contributed by atoms with E-state index in [0.717, 1.165) is 0 Å². The molecule has 1 rings (SSSR count). The average molecular weight is 514 g/mol. The standard InChI is InChI=1S/C5H13N.C5H10.C4H9.2C2H7N.2C2H6N.2CH3.Zr/c1-5(2)6(3)4;1-2-4-5-3-1;1-4(2)3;4*1-3-2;;;/h5H,1-4H3;1-5H2;4H,1H2,2-3H3;2*3H,1-2H3;2*1-2H3;2*1H3;/q;;-1;;;4*-1;. The normalized spacial score (nSPS) is 9.80. The molecule has 1 saturated carbocycles. The van der Waals surface area contributed by atoms with E-state index in [0.29, 0.717) is 12.0 Å². The van der Waals surface area contributed by atoms with Crippen LogP contribution in [0.3, 0.4) is 0 Å². The molecule has 0 aromatic carbocycles. The van der Waals surface area contributed by atoms with Gasteiger partial charge in [-0.15, -0.1) is 0 Å². The quantitative estimate of drug-likeness (QED) is 0.411. The summed E-state index contributed by atoms with van der Waals surface area (Å²) in [5.41, 5.74) is 0. The van der Waals surface area contributed by atoms with Crippen LogP contribution in [0.1, 0.15) is 59.8 Å². The van der Waals surface area contributed by atoms with Gasteiger partial charge in [0.1, 0.15) is 0 Å². The fourth-order valence-corrected chi connectivity index (χ4v) is 0.884. The monoisotopic (exact) mass is 512 g/mol. The first-order valence-electron chi connectivity index (χ1n) is 10.2. The van der Waals surface area contributed by atoms with Gasteiger partial charge in [0.15, 0.2) is 0 Å². The van der Waals surface area contributed by atoms with Gasteiger partial charge in [-0.2, -0.15) is 34.1 Å². The fourth-order valence-electron chi connectivity index (χ4n) is 0.884. The zero-order chi connectivity index (χ0) is 23.1. The third-order valence-corrected chi connectivity index (χ3v) is 2.28. The SMILES string of the molecule is C1CCCC1.CC(C)N(C)C.CNC.CNC.C[N-]C.C[N-]C.[CH2-]C(C)C.[CH3-].[CH3-].[Zr]. The minimum atomic E-state index is 0. The van der Waals surface area contributed by atoms with Crippen LogP contribution in [-0.4, -0.2) is 81.4 Å². The average Bonchev–Trinajstić information content (AvgIpc) is 3.09. The molecule has 1 fully saturated rings. The van der Waals surface area contributed by atoms with Gasteiger partial charge in [0, 0.05) is 32.2 Å². The summed E-state index contributed by atoms with van der Waals surface area (Å²) in [7, 11) is 18.6. The van der Waals surface area contributed by atoms with Crippen LogP contribution in [0.5, 0.6) is 0 Å². The maximum atomic E-state index is 3.64. The van der Waals surface area contributed by atoms with Crippen molar-refractivity contribution in [1.82, 2.24) is 15.5 Å². The van der Waals surface area contributed by atoms with Gasteiger partial charge < -0.3 is 47.9 Å². The maximum absolute atomic E-state index is 3.64. The van der Waals surface area contributed by atoms with Gasteiger partial charge >= 0.3 is 0 Å². The Kier molecular flexibility index (Phi) is 134. The van der Waals surface area contributed by atoms with Crippen LogP contribution in [0, 0.1) is 27.7 Å². The van der Waals surface area contributed by atoms with E-state index in [4.69, 9.17) is 0 Å². The third kappa shape index (κ3) is 234. The molecule has 0 bridgehead atoms. The Bertz CT molecular complexity index is 141. The molecule has 6 heteroatoms. The van der Waals surface area contributed by atoms with E-state index in [2.05, 4.69) is 74.9 Å². The minimum Gasteiger partial charge on any atom is -0.668 e. The van der Waals surface area contributed by atoms with Crippen molar-refractivity contribution in [3.63, 3.8) is 0 Å². The second-order valence-electron chi connectivity index (χ2n) is 7.11. The van der Waals surface area contributed by atoms with E-state index < -0.39 is 0 Å². The summed E-state index contributed by atoms with van der Waals surface area (Å²) in [6.07, 6.45) is 7.50. The molecular weight excluding hydrogens is 450 g/mol. The summed E-state index contributed by atoms with van der Waals surface area (Å²) in [5.74, 6) is 0.583. The molecule has 0 amide bonds. The molecule has 0 aliphatic heterocycles. The van der Waals surface area contributed by atoms with Gasteiger partial charge in [-0.3, -0.25) is 0 Å². The molecule has 0 heterocycles. The predicted molar refractivity (Wildman–Crippen MR) is 145 cm³/mol. The minimum absolute atomic E-state index is 0. The zero-order valence-electron chi connectivity index (χ0n) is 24.2. The molecule has 0 aromatic rings. The van der Waals surface area contributed by atoms with Crippen molar-refractivity contribution in [2.24, 2.45) is 5.92 Å². The second-order valence-corrected chi connectivity index (χ2v) is 7.11. The van der Waals surface area contributed by atoms with Crippen LogP contribution in [0.4, 0.5) is 0 Å². The number of nitrogens with zero attached hydrogens (tertiary/aromatic N) is 3. The zero-order valence-corrected chi connectivity index (χ0v) is 26.7. The third-order valence-electron chi connectivity index (χ3n) is 2.28. The van der Waals surface area contributed by atoms with Gasteiger partial charge in [-0.25, -0.2) is 0 Å². The van der Waals surface area contributed by atoms with Gasteiger partial charge in [-0.05, 0) is 56.1 Å². The van der Waals surface area contributed by atoms with E-state index in [1.165, 1.54) is 32.1 Å². The smallest absolute Gasteiger partial charge is 0.00324 e. The van der Waals surface area contributed by atoms with Crippen molar-refractivity contribution < 1.29 is 26.2 Å². The summed E-state index contributed by atoms with van der Waals surface area (Å²) < 4.78 is 0. The predicted octanol–water partition coefficient (Wildman–Crippen LogP) is 6.19. The maximum Gasteiger partial charge on any atom is 0.00324 e. The van der Waals surface area contributed by atoms with Crippen molar-refractivity contribution >= 4 is 0 Å². The molecule has 0 aromatic heterocycles. The Hall–Kier alpha value is 0.683. The fraction of sp³-hybridized carbons (Fsp3) is 0.875. The molecule has 1 aliphatic carbocycles. The molecule has 0 atom stereocenters. The number of rotatable bonds is 1. The summed E-state index contributed by atoms with van der Waals surface area (Å²) in [5, 5.41) is 12.5. The van der Waals surface area contributed by atoms with Crippen molar-refractivity contribution in [2.75, 3.05) is 70.5 Å². The first-order chi connectivity index (χ1) is 12.5. The first kappa shape index (κ1) is 57.5. The summed E-state index contributed by atoms with van der Waals surface area (Å²) in [6, 6.07) is 0.685. The Morgan fingerprint density at radius 2 is 0.733 bits per heavy atom. The van der Waals surface area contributed by atoms with Crippen molar-refractivity contribution in [3.8, 4) is 0 Å². The van der Waals surface area contributed by atoms with Gasteiger partial charge in [0.25, 0.3) is 0 Å². The van der Waals surface area contributed by atoms with Crippen molar-refractivity contribution in [2.45, 2.75) is 65.8 Å². The first-order valence-corrected chi connectivity index (χ1v) is 10.2. The summed E-state index contributed by atoms with van der Waals surface area (Å²) in [6.45, 7) is 12.1. The number of hydrogen-bond acceptors (Lipinski definition) is 3. The molecule has 0 spiro atoms. The number of hydrogen-bond donors (Lipinski definition) is 2. The molecule has 0 saturated heterocycles. The Morgan fingerprint density at radius 1 is 0.667 bits per heavy atom. The van der Waals surface area contributed by atoms with E-state index in [1.807, 2.05) is 28.2 Å². The molecular formula is C24H64N5Zr-5. The van der Waals surface area contributed by atoms with Crippen LogP contribution in [0.2, 0.25) is 0 Å². The summed E-state index contributed by atoms with van der Waals surface area (Å²) >= 11 is 0. The molecule has 194 valence electrons. The van der Waals surface area contributed by atoms with E-state index in [9.17, 15) is 0 Å². The number of nitrogens with one attached hydrogen (secondary N) is 2. The molecule has 30 heavy (non-hydrogen) atoms. The second kappa shape index (κ2) is 70.0. The van der Waals surface area contributed by atoms with E-state index in [1.54, 1.807) is 28.2 Å². The largest absolute Gasteiger partial charge is 0.668 e. The van der Waals surface area contributed by atoms with Gasteiger partial charge in [0.05, 0.1) is 0 Å². The van der Waals surface area contributed by atoms with Crippen LogP contribution < -0.4 is 10.6 Å². The van der Waals surface area contributed by atoms with Gasteiger partial charge in [-0.1, -0.05) is 46.0 Å². The van der Waals surface area contributed by atoms with Crippen LogP contribution in [-0.2, 0) is 26.2 Å². The summed E-state index contributed by atoms with van der Waals surface area (Å²) in [4.78, 5) is 2.17. The molecule has 0 unspecified atom stereocenters. The van der Waals surface area contributed by atoms with Crippen molar-refractivity contribution in [1.29, 1.82) is 0 Å².